The van der Waals surface area contributed by atoms with Crippen LogP contribution in [0.4, 0.5) is 0 Å². The summed E-state index contributed by atoms with van der Waals surface area (Å²) < 4.78 is 0. The highest BCUT2D eigenvalue weighted by Crippen LogP contribution is 2.10. The van der Waals surface area contributed by atoms with Crippen LogP contribution in [-0.2, 0) is 17.8 Å². The first-order valence-corrected chi connectivity index (χ1v) is 8.39. The Morgan fingerprint density at radius 2 is 1.88 bits per heavy atom. The fourth-order valence-electron chi connectivity index (χ4n) is 2.48. The second-order valence-electron chi connectivity index (χ2n) is 6.29. The summed E-state index contributed by atoms with van der Waals surface area (Å²) in [6.45, 7) is 2.09. The average molecular weight is 336 g/mol. The number of hydrogen-bond donors (Lipinski definition) is 0. The van der Waals surface area contributed by atoms with Crippen molar-refractivity contribution < 1.29 is 4.79 Å². The van der Waals surface area contributed by atoms with Gasteiger partial charge in [0.25, 0.3) is 0 Å². The minimum absolute atomic E-state index is 0.134. The molecule has 1 aromatic carbocycles. The van der Waals surface area contributed by atoms with E-state index in [0.29, 0.717) is 31.5 Å². The first-order valence-electron chi connectivity index (χ1n) is 8.39. The van der Waals surface area contributed by atoms with Crippen LogP contribution in [0, 0.1) is 11.3 Å². The molecule has 0 radical (unpaired) electrons. The minimum Gasteiger partial charge on any atom is -0.337 e. The number of benzene rings is 1. The Balaban J connectivity index is 1.97. The van der Waals surface area contributed by atoms with Crippen molar-refractivity contribution in [2.24, 2.45) is 0 Å². The van der Waals surface area contributed by atoms with Crippen LogP contribution in [-0.4, -0.2) is 47.9 Å². The van der Waals surface area contributed by atoms with Gasteiger partial charge < -0.3 is 9.80 Å². The fraction of sp³-hybridized carbons (Fsp3) is 0.350. The number of aryl methyl sites for hydroxylation is 1. The molecule has 0 N–H and O–H groups in total. The van der Waals surface area contributed by atoms with Crippen molar-refractivity contribution in [2.45, 2.75) is 19.4 Å². The third kappa shape index (κ3) is 6.36. The molecule has 1 aromatic heterocycles. The Labute approximate surface area is 149 Å². The molecule has 0 aliphatic carbocycles. The lowest BCUT2D eigenvalue weighted by atomic mass is 10.1. The van der Waals surface area contributed by atoms with Crippen LogP contribution in [0.15, 0.2) is 48.8 Å². The highest BCUT2D eigenvalue weighted by Gasteiger charge is 2.14. The maximum absolute atomic E-state index is 12.7. The number of hydrogen-bond acceptors (Lipinski definition) is 4. The minimum atomic E-state index is 0.134. The van der Waals surface area contributed by atoms with Crippen LogP contribution in [0.1, 0.15) is 23.1 Å². The van der Waals surface area contributed by atoms with Crippen LogP contribution in [0.25, 0.3) is 0 Å². The monoisotopic (exact) mass is 336 g/mol. The van der Waals surface area contributed by atoms with Crippen molar-refractivity contribution in [1.29, 1.82) is 5.26 Å². The summed E-state index contributed by atoms with van der Waals surface area (Å²) >= 11 is 0. The summed E-state index contributed by atoms with van der Waals surface area (Å²) in [6, 6.07) is 13.4. The summed E-state index contributed by atoms with van der Waals surface area (Å²) in [7, 11) is 4.01. The van der Waals surface area contributed by atoms with E-state index in [1.54, 1.807) is 24.5 Å². The van der Waals surface area contributed by atoms with Crippen LogP contribution < -0.4 is 0 Å². The largest absolute Gasteiger partial charge is 0.337 e. The predicted molar refractivity (Wildman–Crippen MR) is 97.7 cm³/mol. The Bertz CT molecular complexity index is 705. The molecular weight excluding hydrogens is 312 g/mol. The number of nitrogens with zero attached hydrogens (tertiary/aromatic N) is 4. The van der Waals surface area contributed by atoms with Gasteiger partial charge in [-0.3, -0.25) is 9.78 Å². The van der Waals surface area contributed by atoms with Gasteiger partial charge in [0.15, 0.2) is 0 Å². The zero-order valence-electron chi connectivity index (χ0n) is 14.9. The first kappa shape index (κ1) is 18.6. The molecule has 5 heteroatoms. The molecule has 0 aliphatic heterocycles. The molecule has 0 saturated carbocycles. The van der Waals surface area contributed by atoms with Crippen LogP contribution in [0.3, 0.4) is 0 Å². The summed E-state index contributed by atoms with van der Waals surface area (Å²) in [4.78, 5) is 20.8. The Kier molecular flexibility index (Phi) is 7.12. The molecule has 130 valence electrons. The SMILES string of the molecule is CN(C)CCN(Cc1cccnc1)C(=O)CCc1ccc(C#N)cc1. The molecule has 0 bridgehead atoms. The number of carbonyl (C=O) groups is 1. The number of likely N-dealkylation sites (N-methyl/N-ethyl adjacent to an activating group) is 1. The fourth-order valence-corrected chi connectivity index (χ4v) is 2.48. The van der Waals surface area contributed by atoms with Crippen molar-refractivity contribution in [3.63, 3.8) is 0 Å². The maximum atomic E-state index is 12.7. The van der Waals surface area contributed by atoms with Crippen LogP contribution >= 0.6 is 0 Å². The number of rotatable bonds is 8. The molecule has 2 rings (SSSR count). The van der Waals surface area contributed by atoms with Gasteiger partial charge in [-0.1, -0.05) is 18.2 Å². The van der Waals surface area contributed by atoms with Gasteiger partial charge in [0, 0.05) is 38.4 Å². The zero-order chi connectivity index (χ0) is 18.1. The summed E-state index contributed by atoms with van der Waals surface area (Å²) in [5, 5.41) is 8.84. The summed E-state index contributed by atoms with van der Waals surface area (Å²) in [5.41, 5.74) is 2.74. The van der Waals surface area contributed by atoms with E-state index in [1.165, 1.54) is 0 Å². The van der Waals surface area contributed by atoms with Gasteiger partial charge in [0.2, 0.25) is 5.91 Å². The average Bonchev–Trinajstić information content (AvgIpc) is 2.64. The van der Waals surface area contributed by atoms with Crippen molar-refractivity contribution >= 4 is 5.91 Å². The zero-order valence-corrected chi connectivity index (χ0v) is 14.9. The van der Waals surface area contributed by atoms with Gasteiger partial charge in [0.1, 0.15) is 0 Å². The molecule has 0 atom stereocenters. The lowest BCUT2D eigenvalue weighted by Crippen LogP contribution is -2.36. The Hall–Kier alpha value is -2.71. The maximum Gasteiger partial charge on any atom is 0.223 e. The molecule has 5 nitrogen and oxygen atoms in total. The van der Waals surface area contributed by atoms with Gasteiger partial charge in [-0.05, 0) is 49.8 Å². The quantitative estimate of drug-likeness (QED) is 0.743. The van der Waals surface area contributed by atoms with E-state index < -0.39 is 0 Å². The van der Waals surface area contributed by atoms with Crippen LogP contribution in [0.2, 0.25) is 0 Å². The molecular formula is C20H24N4O. The normalized spacial score (nSPS) is 10.5. The highest BCUT2D eigenvalue weighted by molar-refractivity contribution is 5.76. The summed E-state index contributed by atoms with van der Waals surface area (Å²) in [5.74, 6) is 0.134. The smallest absolute Gasteiger partial charge is 0.223 e. The third-order valence-corrected chi connectivity index (χ3v) is 3.98. The second kappa shape index (κ2) is 9.55. The summed E-state index contributed by atoms with van der Waals surface area (Å²) in [6.07, 6.45) is 4.67. The Morgan fingerprint density at radius 1 is 1.12 bits per heavy atom. The lowest BCUT2D eigenvalue weighted by molar-refractivity contribution is -0.132. The molecule has 0 aliphatic rings. The van der Waals surface area contributed by atoms with Crippen molar-refractivity contribution in [3.05, 3.63) is 65.5 Å². The molecule has 2 aromatic rings. The van der Waals surface area contributed by atoms with Crippen LogP contribution in [0.5, 0.6) is 0 Å². The van der Waals surface area contributed by atoms with Crippen molar-refractivity contribution in [2.75, 3.05) is 27.2 Å². The van der Waals surface area contributed by atoms with E-state index >= 15 is 0 Å². The van der Waals surface area contributed by atoms with E-state index in [0.717, 1.165) is 17.7 Å². The number of pyridine rings is 1. The molecule has 0 spiro atoms. The molecule has 1 amide bonds. The van der Waals surface area contributed by atoms with E-state index in [4.69, 9.17) is 5.26 Å². The Morgan fingerprint density at radius 3 is 2.48 bits per heavy atom. The predicted octanol–water partition coefficient (Wildman–Crippen LogP) is 2.48. The molecule has 1 heterocycles. The van der Waals surface area contributed by atoms with E-state index in [9.17, 15) is 4.79 Å². The second-order valence-corrected chi connectivity index (χ2v) is 6.29. The highest BCUT2D eigenvalue weighted by atomic mass is 16.2. The van der Waals surface area contributed by atoms with Gasteiger partial charge in [-0.15, -0.1) is 0 Å². The first-order chi connectivity index (χ1) is 12.1. The van der Waals surface area contributed by atoms with Gasteiger partial charge in [-0.2, -0.15) is 5.26 Å². The van der Waals surface area contributed by atoms with E-state index in [1.807, 2.05) is 43.3 Å². The third-order valence-electron chi connectivity index (χ3n) is 3.98. The molecule has 0 unspecified atom stereocenters. The number of carbonyl (C=O) groups excluding carboxylic acids is 1. The van der Waals surface area contributed by atoms with Crippen molar-refractivity contribution in [1.82, 2.24) is 14.8 Å². The van der Waals surface area contributed by atoms with E-state index in [-0.39, 0.29) is 5.91 Å². The lowest BCUT2D eigenvalue weighted by Gasteiger charge is -2.24. The topological polar surface area (TPSA) is 60.2 Å². The van der Waals surface area contributed by atoms with Gasteiger partial charge in [-0.25, -0.2) is 0 Å². The number of nitriles is 1. The van der Waals surface area contributed by atoms with Gasteiger partial charge >= 0.3 is 0 Å². The number of amides is 1. The van der Waals surface area contributed by atoms with Crippen molar-refractivity contribution in [3.8, 4) is 6.07 Å². The molecule has 25 heavy (non-hydrogen) atoms. The standard InChI is InChI=1S/C20H24N4O/c1-23(2)12-13-24(16-19-4-3-11-22-15-19)20(25)10-9-17-5-7-18(14-21)8-6-17/h3-8,11,15H,9-10,12-13,16H2,1-2H3. The molecule has 0 fully saturated rings. The van der Waals surface area contributed by atoms with E-state index in [2.05, 4.69) is 16.0 Å². The molecule has 0 saturated heterocycles. The van der Waals surface area contributed by atoms with Gasteiger partial charge in [0.05, 0.1) is 11.6 Å². The number of aromatic nitrogens is 1.